The highest BCUT2D eigenvalue weighted by atomic mass is 32.1. The van der Waals surface area contributed by atoms with Gasteiger partial charge in [0.05, 0.1) is 5.49 Å². The Morgan fingerprint density at radius 1 is 1.38 bits per heavy atom. The van der Waals surface area contributed by atoms with Crippen LogP contribution < -0.4 is 10.9 Å². The van der Waals surface area contributed by atoms with Crippen LogP contribution in [0.3, 0.4) is 0 Å². The third-order valence-electron chi connectivity index (χ3n) is 1.52. The Bertz CT molecular complexity index is 295. The lowest BCUT2D eigenvalue weighted by atomic mass is 10.2. The summed E-state index contributed by atoms with van der Waals surface area (Å²) in [5.41, 5.74) is 8.00. The van der Waals surface area contributed by atoms with E-state index in [-0.39, 0.29) is 0 Å². The highest BCUT2D eigenvalue weighted by Gasteiger charge is 1.97. The van der Waals surface area contributed by atoms with Crippen LogP contribution in [0.15, 0.2) is 35.3 Å². The van der Waals surface area contributed by atoms with Crippen LogP contribution >= 0.6 is 12.2 Å². The van der Waals surface area contributed by atoms with E-state index in [1.54, 1.807) is 7.05 Å². The van der Waals surface area contributed by atoms with Gasteiger partial charge in [-0.25, -0.2) is 0 Å². The first-order valence-electron chi connectivity index (χ1n) is 3.86. The van der Waals surface area contributed by atoms with Gasteiger partial charge in [-0.15, -0.1) is 0 Å². The zero-order valence-corrected chi connectivity index (χ0v) is 8.14. The first-order valence-corrected chi connectivity index (χ1v) is 4.33. The third-order valence-corrected chi connectivity index (χ3v) is 1.64. The quantitative estimate of drug-likeness (QED) is 0.327. The Labute approximate surface area is 82.9 Å². The predicted octanol–water partition coefficient (Wildman–Crippen LogP) is 1.11. The average Bonchev–Trinajstić information content (AvgIpc) is 2.21. The first kappa shape index (κ1) is 9.67. The molecule has 0 atom stereocenters. The predicted molar refractivity (Wildman–Crippen MR) is 58.8 cm³/mol. The molecule has 0 spiro atoms. The van der Waals surface area contributed by atoms with E-state index in [0.717, 1.165) is 11.4 Å². The largest absolute Gasteiger partial charge is 0.296 e. The van der Waals surface area contributed by atoms with Gasteiger partial charge in [-0.2, -0.15) is 0 Å². The normalized spacial score (nSPS) is 10.7. The molecular weight excluding hydrogens is 182 g/mol. The maximum Gasteiger partial charge on any atom is 0.146 e. The van der Waals surface area contributed by atoms with Crippen molar-refractivity contribution in [3.05, 3.63) is 35.9 Å². The molecule has 0 unspecified atom stereocenters. The molecule has 0 aliphatic rings. The number of rotatable bonds is 3. The fraction of sp³-hybridized carbons (Fsp3) is 0.111. The molecule has 0 saturated heterocycles. The summed E-state index contributed by atoms with van der Waals surface area (Å²) in [4.78, 5) is 4.07. The molecule has 1 aromatic carbocycles. The zero-order chi connectivity index (χ0) is 9.52. The molecule has 2 N–H and O–H groups in total. The van der Waals surface area contributed by atoms with Gasteiger partial charge in [-0.3, -0.25) is 15.8 Å². The van der Waals surface area contributed by atoms with Crippen molar-refractivity contribution in [2.45, 2.75) is 0 Å². The molecule has 0 heterocycles. The third kappa shape index (κ3) is 2.83. The minimum atomic E-state index is 0.765. The van der Waals surface area contributed by atoms with E-state index in [2.05, 4.69) is 28.1 Å². The molecule has 0 aliphatic heterocycles. The second-order valence-corrected chi connectivity index (χ2v) is 2.56. The van der Waals surface area contributed by atoms with Crippen molar-refractivity contribution < 1.29 is 0 Å². The van der Waals surface area contributed by atoms with Crippen LogP contribution in [-0.2, 0) is 0 Å². The van der Waals surface area contributed by atoms with Crippen LogP contribution in [0.4, 0.5) is 0 Å². The summed E-state index contributed by atoms with van der Waals surface area (Å²) in [6.07, 6.45) is 0. The van der Waals surface area contributed by atoms with E-state index < -0.39 is 0 Å². The number of nitrogens with zero attached hydrogens (tertiary/aromatic N) is 1. The van der Waals surface area contributed by atoms with Crippen molar-refractivity contribution in [2.75, 3.05) is 7.05 Å². The second kappa shape index (κ2) is 5.27. The SMILES string of the molecule is CN=C(NNC=S)c1ccccc1. The van der Waals surface area contributed by atoms with Gasteiger partial charge in [0.2, 0.25) is 0 Å². The van der Waals surface area contributed by atoms with E-state index in [4.69, 9.17) is 0 Å². The second-order valence-electron chi connectivity index (χ2n) is 2.33. The Morgan fingerprint density at radius 3 is 2.62 bits per heavy atom. The molecule has 1 rings (SSSR count). The van der Waals surface area contributed by atoms with Gasteiger partial charge in [-0.05, 0) is 0 Å². The lowest BCUT2D eigenvalue weighted by Crippen LogP contribution is -2.36. The monoisotopic (exact) mass is 193 g/mol. The van der Waals surface area contributed by atoms with Crippen LogP contribution in [-0.4, -0.2) is 18.4 Å². The molecule has 13 heavy (non-hydrogen) atoms. The van der Waals surface area contributed by atoms with Crippen molar-refractivity contribution in [1.29, 1.82) is 0 Å². The molecule has 3 nitrogen and oxygen atoms in total. The van der Waals surface area contributed by atoms with Crippen LogP contribution in [0.2, 0.25) is 0 Å². The van der Waals surface area contributed by atoms with Gasteiger partial charge in [0, 0.05) is 12.6 Å². The fourth-order valence-corrected chi connectivity index (χ4v) is 1.01. The van der Waals surface area contributed by atoms with E-state index in [1.165, 1.54) is 5.49 Å². The van der Waals surface area contributed by atoms with Gasteiger partial charge in [0.1, 0.15) is 5.84 Å². The molecule has 0 fully saturated rings. The number of hydrogen-bond donors (Lipinski definition) is 2. The van der Waals surface area contributed by atoms with Gasteiger partial charge in [0.15, 0.2) is 0 Å². The van der Waals surface area contributed by atoms with E-state index in [0.29, 0.717) is 0 Å². The van der Waals surface area contributed by atoms with E-state index >= 15 is 0 Å². The van der Waals surface area contributed by atoms with Crippen LogP contribution in [0.1, 0.15) is 5.56 Å². The molecule has 68 valence electrons. The molecule has 0 aromatic heterocycles. The van der Waals surface area contributed by atoms with Crippen LogP contribution in [0, 0.1) is 0 Å². The Morgan fingerprint density at radius 2 is 2.08 bits per heavy atom. The molecule has 0 saturated carbocycles. The molecular formula is C9H11N3S. The molecule has 0 bridgehead atoms. The number of hydrazine groups is 1. The molecule has 0 aliphatic carbocycles. The van der Waals surface area contributed by atoms with Crippen molar-refractivity contribution in [2.24, 2.45) is 4.99 Å². The number of amidine groups is 1. The van der Waals surface area contributed by atoms with E-state index in [1.807, 2.05) is 30.3 Å². The minimum absolute atomic E-state index is 0.765. The smallest absolute Gasteiger partial charge is 0.146 e. The Hall–Kier alpha value is -1.42. The molecule has 4 heteroatoms. The van der Waals surface area contributed by atoms with Crippen molar-refractivity contribution >= 4 is 23.5 Å². The highest BCUT2D eigenvalue weighted by molar-refractivity contribution is 7.78. The van der Waals surface area contributed by atoms with Gasteiger partial charge in [-0.1, -0.05) is 42.5 Å². The summed E-state index contributed by atoms with van der Waals surface area (Å²) in [6, 6.07) is 9.82. The van der Waals surface area contributed by atoms with Crippen molar-refractivity contribution in [3.63, 3.8) is 0 Å². The van der Waals surface area contributed by atoms with Crippen molar-refractivity contribution in [3.8, 4) is 0 Å². The average molecular weight is 193 g/mol. The Balaban J connectivity index is 2.74. The summed E-state index contributed by atoms with van der Waals surface area (Å²) in [5, 5.41) is 0. The van der Waals surface area contributed by atoms with Gasteiger partial charge in [0.25, 0.3) is 0 Å². The lowest BCUT2D eigenvalue weighted by Gasteiger charge is -2.07. The standard InChI is InChI=1S/C9H11N3S/c1-10-9(12-11-7-13)8-5-3-2-4-6-8/h2-7H,1H3,(H,10,12)(H,11,13). The summed E-state index contributed by atoms with van der Waals surface area (Å²) in [5.74, 6) is 0.765. The maximum absolute atomic E-state index is 4.61. The highest BCUT2D eigenvalue weighted by Crippen LogP contribution is 1.97. The minimum Gasteiger partial charge on any atom is -0.296 e. The van der Waals surface area contributed by atoms with Crippen LogP contribution in [0.25, 0.3) is 0 Å². The molecule has 1 aromatic rings. The van der Waals surface area contributed by atoms with Crippen LogP contribution in [0.5, 0.6) is 0 Å². The summed E-state index contributed by atoms with van der Waals surface area (Å²) < 4.78 is 0. The van der Waals surface area contributed by atoms with E-state index in [9.17, 15) is 0 Å². The molecule has 0 amide bonds. The number of aliphatic imine (C=N–C) groups is 1. The number of nitrogens with one attached hydrogen (secondary N) is 2. The number of thiocarbonyl (C=S) groups is 1. The van der Waals surface area contributed by atoms with Crippen molar-refractivity contribution in [1.82, 2.24) is 10.9 Å². The zero-order valence-electron chi connectivity index (χ0n) is 7.32. The summed E-state index contributed by atoms with van der Waals surface area (Å²) in [7, 11) is 1.72. The fourth-order valence-electron chi connectivity index (χ4n) is 0.951. The topological polar surface area (TPSA) is 36.4 Å². The van der Waals surface area contributed by atoms with Gasteiger partial charge < -0.3 is 0 Å². The first-order chi connectivity index (χ1) is 6.38. The summed E-state index contributed by atoms with van der Waals surface area (Å²) in [6.45, 7) is 0. The summed E-state index contributed by atoms with van der Waals surface area (Å²) >= 11 is 4.61. The molecule has 0 radical (unpaired) electrons. The Kier molecular flexibility index (Phi) is 3.92. The lowest BCUT2D eigenvalue weighted by molar-refractivity contribution is 0.889. The number of hydrogen-bond acceptors (Lipinski definition) is 2. The van der Waals surface area contributed by atoms with Gasteiger partial charge >= 0.3 is 0 Å². The number of benzene rings is 1. The maximum atomic E-state index is 4.61.